The van der Waals surface area contributed by atoms with Crippen LogP contribution in [0.15, 0.2) is 54.6 Å². The minimum Gasteiger partial charge on any atom is -0.444 e. The van der Waals surface area contributed by atoms with Crippen molar-refractivity contribution in [2.45, 2.75) is 115 Å². The molecule has 0 bridgehead atoms. The zero-order valence-corrected chi connectivity index (χ0v) is 31.8. The second kappa shape index (κ2) is 16.4. The normalized spacial score (nSPS) is 26.2. The third-order valence-corrected chi connectivity index (χ3v) is 10.6. The van der Waals surface area contributed by atoms with Crippen LogP contribution in [0.1, 0.15) is 82.4 Å². The number of carbonyl (C=O) groups excluding carboxylic acids is 5. The van der Waals surface area contributed by atoms with E-state index in [2.05, 4.69) is 16.0 Å². The Bertz CT molecular complexity index is 1800. The first-order chi connectivity index (χ1) is 25.7. The third-order valence-electron chi connectivity index (χ3n) is 10.4. The summed E-state index contributed by atoms with van der Waals surface area (Å²) in [5.74, 6) is -2.08. The minimum atomic E-state index is -1.23. The highest BCUT2D eigenvalue weighted by atomic mass is 35.5. The van der Waals surface area contributed by atoms with Gasteiger partial charge in [-0.15, -0.1) is 0 Å². The summed E-state index contributed by atoms with van der Waals surface area (Å²) >= 11 is 6.14. The van der Waals surface area contributed by atoms with Gasteiger partial charge in [-0.3, -0.25) is 19.3 Å². The van der Waals surface area contributed by atoms with Gasteiger partial charge < -0.3 is 30.3 Å². The maximum atomic E-state index is 14.5. The van der Waals surface area contributed by atoms with E-state index >= 15 is 0 Å². The number of alkyl carbamates (subject to hydrolysis) is 1. The van der Waals surface area contributed by atoms with Gasteiger partial charge in [-0.25, -0.2) is 14.0 Å². The molecule has 2 aromatic carbocycles. The fourth-order valence-corrected chi connectivity index (χ4v) is 7.73. The minimum absolute atomic E-state index is 0.0336. The lowest BCUT2D eigenvalue weighted by Crippen LogP contribution is -2.58. The van der Waals surface area contributed by atoms with E-state index in [0.717, 1.165) is 24.8 Å². The van der Waals surface area contributed by atoms with Gasteiger partial charge in [-0.2, -0.15) is 0 Å². The Morgan fingerprint density at radius 2 is 1.87 bits per heavy atom. The molecule has 4 aliphatic rings. The molecule has 3 heterocycles. The van der Waals surface area contributed by atoms with Crippen LogP contribution < -0.4 is 16.0 Å². The van der Waals surface area contributed by atoms with E-state index in [4.69, 9.17) is 21.1 Å². The molecule has 3 unspecified atom stereocenters. The summed E-state index contributed by atoms with van der Waals surface area (Å²) in [5.41, 5.74) is 0.0166. The van der Waals surface area contributed by atoms with Gasteiger partial charge in [-0.1, -0.05) is 60.9 Å². The van der Waals surface area contributed by atoms with Crippen LogP contribution >= 0.6 is 11.6 Å². The Balaban J connectivity index is 1.22. The molecular weight excluding hydrogens is 717 g/mol. The van der Waals surface area contributed by atoms with Crippen molar-refractivity contribution < 1.29 is 37.8 Å². The molecule has 290 valence electrons. The molecule has 54 heavy (non-hydrogen) atoms. The van der Waals surface area contributed by atoms with Crippen LogP contribution in [0.4, 0.5) is 14.0 Å². The van der Waals surface area contributed by atoms with E-state index in [1.54, 1.807) is 39.0 Å². The lowest BCUT2D eigenvalue weighted by Gasteiger charge is -2.30. The van der Waals surface area contributed by atoms with Gasteiger partial charge >= 0.3 is 12.2 Å². The molecule has 12 nitrogen and oxygen atoms in total. The Morgan fingerprint density at radius 3 is 2.63 bits per heavy atom. The van der Waals surface area contributed by atoms with Gasteiger partial charge in [0.05, 0.1) is 13.1 Å². The molecule has 1 saturated heterocycles. The number of nitrogens with one attached hydrogen (secondary N) is 3. The van der Waals surface area contributed by atoms with Crippen LogP contribution in [0.2, 0.25) is 5.02 Å². The lowest BCUT2D eigenvalue weighted by atomic mass is 10.0. The zero-order valence-electron chi connectivity index (χ0n) is 31.0. The van der Waals surface area contributed by atoms with E-state index in [0.29, 0.717) is 48.4 Å². The smallest absolute Gasteiger partial charge is 0.410 e. The maximum Gasteiger partial charge on any atom is 0.410 e. The van der Waals surface area contributed by atoms with Crippen molar-refractivity contribution in [2.75, 3.05) is 13.1 Å². The van der Waals surface area contributed by atoms with Crippen LogP contribution in [0, 0.1) is 11.7 Å². The van der Waals surface area contributed by atoms with Gasteiger partial charge in [0, 0.05) is 36.0 Å². The first-order valence-corrected chi connectivity index (χ1v) is 19.1. The van der Waals surface area contributed by atoms with Crippen LogP contribution in [-0.2, 0) is 43.4 Å². The molecule has 1 aliphatic carbocycles. The van der Waals surface area contributed by atoms with E-state index in [-0.39, 0.29) is 37.9 Å². The molecule has 5 atom stereocenters. The summed E-state index contributed by atoms with van der Waals surface area (Å²) in [6.07, 6.45) is 5.83. The van der Waals surface area contributed by atoms with E-state index in [1.165, 1.54) is 15.9 Å². The van der Waals surface area contributed by atoms with Crippen molar-refractivity contribution in [1.82, 2.24) is 25.8 Å². The number of nitrogens with zero attached hydrogens (tertiary/aromatic N) is 2. The van der Waals surface area contributed by atoms with Crippen LogP contribution in [-0.4, -0.2) is 82.1 Å². The number of fused-ring (bicyclic) bond motifs is 3. The topological polar surface area (TPSA) is 146 Å². The molecule has 2 aromatic rings. The molecule has 1 saturated carbocycles. The van der Waals surface area contributed by atoms with Gasteiger partial charge in [-0.05, 0) is 82.2 Å². The second-order valence-corrected chi connectivity index (χ2v) is 16.1. The Hall–Kier alpha value is -4.65. The van der Waals surface area contributed by atoms with Gasteiger partial charge in [0.15, 0.2) is 0 Å². The summed E-state index contributed by atoms with van der Waals surface area (Å²) in [6, 6.07) is 9.93. The Labute approximate surface area is 320 Å². The molecular formula is C40H49ClFN5O7. The van der Waals surface area contributed by atoms with E-state index in [1.807, 2.05) is 30.4 Å². The quantitative estimate of drug-likeness (QED) is 0.327. The van der Waals surface area contributed by atoms with Gasteiger partial charge in [0.25, 0.3) is 0 Å². The fourth-order valence-electron chi connectivity index (χ4n) is 7.51. The number of rotatable bonds is 6. The van der Waals surface area contributed by atoms with Crippen molar-refractivity contribution in [2.24, 2.45) is 5.92 Å². The number of halogens is 2. The highest BCUT2D eigenvalue weighted by Crippen LogP contribution is 2.45. The lowest BCUT2D eigenvalue weighted by molar-refractivity contribution is -0.141. The maximum absolute atomic E-state index is 14.5. The zero-order chi connectivity index (χ0) is 38.6. The first kappa shape index (κ1) is 39.1. The predicted molar refractivity (Wildman–Crippen MR) is 199 cm³/mol. The largest absolute Gasteiger partial charge is 0.444 e. The summed E-state index contributed by atoms with van der Waals surface area (Å²) in [5, 5.41) is 9.31. The number of carbonyl (C=O) groups is 5. The molecule has 14 heteroatoms. The molecule has 0 aromatic heterocycles. The van der Waals surface area contributed by atoms with E-state index < -0.39 is 59.1 Å². The number of hydrogen-bond donors (Lipinski definition) is 3. The summed E-state index contributed by atoms with van der Waals surface area (Å²) in [6.45, 7) is 5.57. The summed E-state index contributed by atoms with van der Waals surface area (Å²) in [4.78, 5) is 71.6. The second-order valence-electron chi connectivity index (χ2n) is 15.7. The van der Waals surface area contributed by atoms with Crippen molar-refractivity contribution in [3.05, 3.63) is 82.1 Å². The summed E-state index contributed by atoms with van der Waals surface area (Å²) < 4.78 is 25.8. The average molecular weight is 766 g/mol. The number of benzene rings is 2. The number of hydrogen-bond acceptors (Lipinski definition) is 7. The molecule has 5 amide bonds. The third kappa shape index (κ3) is 9.34. The predicted octanol–water partition coefficient (Wildman–Crippen LogP) is 5.55. The van der Waals surface area contributed by atoms with Crippen molar-refractivity contribution >= 4 is 41.5 Å². The SMILES string of the molecule is CC(C)(C)OC(=O)NC1CCCCC/C=C\C2CC2(C(=O)NCCc2cccc(Cl)c2)NC(=O)[C@@H]2C[C@@H](OC(=O)N3Cc4cccc(F)c4C3)CN2C1=O. The number of allylic oxidation sites excluding steroid dienone is 1. The standard InChI is InChI=1S/C40H49ClFN5O7/c1-39(2,3)54-37(51)44-32-16-8-6-4-5-7-13-27-21-40(27,36(50)43-18-17-25-11-9-14-28(41)19-25)45-34(48)33-20-29(23-47(33)35(32)49)53-38(52)46-22-26-12-10-15-31(42)30(26)24-46/h7,9-15,19,27,29,32-33H,4-6,8,16-18,20-24H2,1-3H3,(H,43,50)(H,44,51)(H,45,48)/b13-7-/t27?,29-,32?,33+,40?/m1/s1. The number of ether oxygens (including phenoxy) is 2. The molecule has 0 radical (unpaired) electrons. The molecule has 6 rings (SSSR count). The first-order valence-electron chi connectivity index (χ1n) is 18.8. The van der Waals surface area contributed by atoms with Gasteiger partial charge in [0.1, 0.15) is 35.1 Å². The molecule has 3 N–H and O–H groups in total. The molecule has 2 fully saturated rings. The van der Waals surface area contributed by atoms with Crippen LogP contribution in [0.3, 0.4) is 0 Å². The van der Waals surface area contributed by atoms with Crippen molar-refractivity contribution in [1.29, 1.82) is 0 Å². The Morgan fingerprint density at radius 1 is 1.07 bits per heavy atom. The van der Waals surface area contributed by atoms with Crippen molar-refractivity contribution in [3.8, 4) is 0 Å². The van der Waals surface area contributed by atoms with Crippen molar-refractivity contribution in [3.63, 3.8) is 0 Å². The monoisotopic (exact) mass is 765 g/mol. The highest BCUT2D eigenvalue weighted by Gasteiger charge is 2.61. The Kier molecular flexibility index (Phi) is 11.8. The molecule has 0 spiro atoms. The molecule has 3 aliphatic heterocycles. The van der Waals surface area contributed by atoms with Crippen LogP contribution in [0.5, 0.6) is 0 Å². The average Bonchev–Trinajstić information content (AvgIpc) is 3.40. The highest BCUT2D eigenvalue weighted by molar-refractivity contribution is 6.30. The van der Waals surface area contributed by atoms with Gasteiger partial charge in [0.2, 0.25) is 17.7 Å². The fraction of sp³-hybridized carbons (Fsp3) is 0.525. The number of amides is 5. The van der Waals surface area contributed by atoms with E-state index in [9.17, 15) is 28.4 Å². The summed E-state index contributed by atoms with van der Waals surface area (Å²) in [7, 11) is 0. The van der Waals surface area contributed by atoms with Crippen LogP contribution in [0.25, 0.3) is 0 Å².